The molecule has 0 saturated carbocycles. The normalized spacial score (nSPS) is 13.7. The largest absolute Gasteiger partial charge is 0.493 e. The van der Waals surface area contributed by atoms with Crippen LogP contribution in [0.5, 0.6) is 11.5 Å². The Morgan fingerprint density at radius 2 is 1.85 bits per heavy atom. The summed E-state index contributed by atoms with van der Waals surface area (Å²) in [7, 11) is 1.48. The smallest absolute Gasteiger partial charge is 0.329 e. The van der Waals surface area contributed by atoms with E-state index in [1.165, 1.54) is 13.2 Å². The third-order valence-electron chi connectivity index (χ3n) is 6.01. The van der Waals surface area contributed by atoms with Crippen molar-refractivity contribution in [2.45, 2.75) is 20.0 Å². The lowest BCUT2D eigenvalue weighted by atomic mass is 10.1. The number of anilines is 1. The lowest BCUT2D eigenvalue weighted by Gasteiger charge is -2.14. The van der Waals surface area contributed by atoms with Gasteiger partial charge in [-0.05, 0) is 63.8 Å². The summed E-state index contributed by atoms with van der Waals surface area (Å²) in [6.45, 7) is 1.69. The molecule has 1 fully saturated rings. The quantitative estimate of drug-likeness (QED) is 0.268. The molecule has 2 N–H and O–H groups in total. The number of nitrogens with zero attached hydrogens (tertiary/aromatic N) is 2. The Bertz CT molecular complexity index is 1510. The number of hydrogen-bond donors (Lipinski definition) is 2. The molecule has 0 aliphatic carbocycles. The lowest BCUT2D eigenvalue weighted by Crippen LogP contribution is -2.38. The van der Waals surface area contributed by atoms with E-state index in [-0.39, 0.29) is 12.3 Å². The number of aryl methyl sites for hydroxylation is 1. The second-order valence-corrected chi connectivity index (χ2v) is 9.38. The molecule has 10 heteroatoms. The zero-order chi connectivity index (χ0) is 27.9. The molecule has 198 valence electrons. The molecule has 39 heavy (non-hydrogen) atoms. The van der Waals surface area contributed by atoms with Crippen molar-refractivity contribution >= 4 is 45.5 Å². The summed E-state index contributed by atoms with van der Waals surface area (Å²) in [4.78, 5) is 38.9. The zero-order valence-corrected chi connectivity index (χ0v) is 22.9. The number of methoxy groups -OCH3 is 1. The summed E-state index contributed by atoms with van der Waals surface area (Å²) in [5, 5.41) is 14.6. The van der Waals surface area contributed by atoms with Crippen molar-refractivity contribution in [3.8, 4) is 17.6 Å². The molecule has 0 radical (unpaired) electrons. The SMILES string of the molecule is CCc1ccccc1NC(=O)CN1C(=O)N/C(=C/c2cc(Br)c(OCc3ccccc3C#N)c(OC)c2)C1=O. The summed E-state index contributed by atoms with van der Waals surface area (Å²) in [6, 6.07) is 19.3. The monoisotopic (exact) mass is 588 g/mol. The fraction of sp³-hybridized carbons (Fsp3) is 0.172. The van der Waals surface area contributed by atoms with Gasteiger partial charge in [0.1, 0.15) is 18.8 Å². The first kappa shape index (κ1) is 27.4. The number of nitriles is 1. The summed E-state index contributed by atoms with van der Waals surface area (Å²) < 4.78 is 12.0. The molecule has 3 aromatic rings. The Labute approximate surface area is 234 Å². The molecule has 0 bridgehead atoms. The fourth-order valence-electron chi connectivity index (χ4n) is 4.03. The van der Waals surface area contributed by atoms with Crippen LogP contribution in [0, 0.1) is 11.3 Å². The number of ether oxygens (including phenoxy) is 2. The molecule has 3 aromatic carbocycles. The first-order chi connectivity index (χ1) is 18.8. The van der Waals surface area contributed by atoms with Gasteiger partial charge in [-0.2, -0.15) is 5.26 Å². The average Bonchev–Trinajstić information content (AvgIpc) is 3.19. The van der Waals surface area contributed by atoms with Crippen LogP contribution in [0.4, 0.5) is 10.5 Å². The molecule has 0 atom stereocenters. The highest BCUT2D eigenvalue weighted by molar-refractivity contribution is 9.10. The van der Waals surface area contributed by atoms with Gasteiger partial charge in [-0.3, -0.25) is 9.59 Å². The van der Waals surface area contributed by atoms with Crippen molar-refractivity contribution in [2.24, 2.45) is 0 Å². The van der Waals surface area contributed by atoms with Crippen LogP contribution in [0.3, 0.4) is 0 Å². The molecule has 0 unspecified atom stereocenters. The Balaban J connectivity index is 1.48. The number of carbonyl (C=O) groups is 3. The summed E-state index contributed by atoms with van der Waals surface area (Å²) in [5.74, 6) is -0.305. The Morgan fingerprint density at radius 1 is 1.13 bits per heavy atom. The highest BCUT2D eigenvalue weighted by Gasteiger charge is 2.35. The topological polar surface area (TPSA) is 121 Å². The molecular formula is C29H25BrN4O5. The Morgan fingerprint density at radius 3 is 2.56 bits per heavy atom. The molecule has 1 saturated heterocycles. The Kier molecular flexibility index (Phi) is 8.63. The van der Waals surface area contributed by atoms with Gasteiger partial charge in [0.15, 0.2) is 11.5 Å². The predicted octanol–water partition coefficient (Wildman–Crippen LogP) is 5.00. The number of amides is 4. The maximum Gasteiger partial charge on any atom is 0.329 e. The number of imide groups is 1. The fourth-order valence-corrected chi connectivity index (χ4v) is 4.61. The third-order valence-corrected chi connectivity index (χ3v) is 6.60. The van der Waals surface area contributed by atoms with E-state index in [0.717, 1.165) is 22.4 Å². The first-order valence-corrected chi connectivity index (χ1v) is 12.8. The molecular weight excluding hydrogens is 564 g/mol. The van der Waals surface area contributed by atoms with E-state index in [1.807, 2.05) is 25.1 Å². The number of carbonyl (C=O) groups excluding carboxylic acids is 3. The van der Waals surface area contributed by atoms with Crippen molar-refractivity contribution in [3.05, 3.63) is 93.1 Å². The lowest BCUT2D eigenvalue weighted by molar-refractivity contribution is -0.127. The van der Waals surface area contributed by atoms with Crippen LogP contribution in [-0.2, 0) is 22.6 Å². The van der Waals surface area contributed by atoms with Crippen LogP contribution in [0.2, 0.25) is 0 Å². The number of benzene rings is 3. The molecule has 0 aromatic heterocycles. The van der Waals surface area contributed by atoms with Crippen molar-refractivity contribution < 1.29 is 23.9 Å². The van der Waals surface area contributed by atoms with E-state index in [1.54, 1.807) is 42.5 Å². The van der Waals surface area contributed by atoms with Gasteiger partial charge in [0, 0.05) is 11.3 Å². The first-order valence-electron chi connectivity index (χ1n) is 12.0. The highest BCUT2D eigenvalue weighted by Crippen LogP contribution is 2.38. The second kappa shape index (κ2) is 12.3. The number of nitrogens with one attached hydrogen (secondary N) is 2. The standard InChI is InChI=1S/C29H25BrN4O5/c1-3-19-8-6-7-11-23(19)32-26(35)16-34-28(36)24(33-29(34)37)13-18-12-22(30)27(25(14-18)38-2)39-17-21-10-5-4-9-20(21)15-31/h4-14H,3,16-17H2,1-2H3,(H,32,35)(H,33,37)/b24-13+. The van der Waals surface area contributed by atoms with Crippen LogP contribution < -0.4 is 20.1 Å². The van der Waals surface area contributed by atoms with Crippen LogP contribution in [0.1, 0.15) is 29.2 Å². The van der Waals surface area contributed by atoms with E-state index in [2.05, 4.69) is 32.6 Å². The van der Waals surface area contributed by atoms with Crippen molar-refractivity contribution in [3.63, 3.8) is 0 Å². The predicted molar refractivity (Wildman–Crippen MR) is 149 cm³/mol. The number of hydrogen-bond acceptors (Lipinski definition) is 6. The van der Waals surface area contributed by atoms with Crippen molar-refractivity contribution in [1.82, 2.24) is 10.2 Å². The Hall–Kier alpha value is -4.62. The summed E-state index contributed by atoms with van der Waals surface area (Å²) in [5.41, 5.74) is 3.40. The maximum atomic E-state index is 13.0. The maximum absolute atomic E-state index is 13.0. The van der Waals surface area contributed by atoms with Crippen LogP contribution in [0.25, 0.3) is 6.08 Å². The minimum Gasteiger partial charge on any atom is -0.493 e. The van der Waals surface area contributed by atoms with Gasteiger partial charge < -0.3 is 20.1 Å². The van der Waals surface area contributed by atoms with Crippen LogP contribution >= 0.6 is 15.9 Å². The molecule has 9 nitrogen and oxygen atoms in total. The number of urea groups is 1. The van der Waals surface area contributed by atoms with Gasteiger partial charge in [-0.1, -0.05) is 43.3 Å². The molecule has 0 spiro atoms. The minimum absolute atomic E-state index is 0.0207. The van der Waals surface area contributed by atoms with Gasteiger partial charge in [0.05, 0.1) is 23.2 Å². The van der Waals surface area contributed by atoms with Crippen LogP contribution in [-0.4, -0.2) is 36.4 Å². The van der Waals surface area contributed by atoms with Gasteiger partial charge >= 0.3 is 6.03 Å². The van der Waals surface area contributed by atoms with Crippen molar-refractivity contribution in [1.29, 1.82) is 5.26 Å². The second-order valence-electron chi connectivity index (χ2n) is 8.53. The van der Waals surface area contributed by atoms with Gasteiger partial charge in [-0.15, -0.1) is 0 Å². The molecule has 4 amide bonds. The van der Waals surface area contributed by atoms with Gasteiger partial charge in [0.25, 0.3) is 5.91 Å². The molecule has 1 heterocycles. The summed E-state index contributed by atoms with van der Waals surface area (Å²) in [6.07, 6.45) is 2.22. The zero-order valence-electron chi connectivity index (χ0n) is 21.3. The van der Waals surface area contributed by atoms with E-state index in [9.17, 15) is 19.6 Å². The average molecular weight is 589 g/mol. The molecule has 1 aliphatic rings. The number of rotatable bonds is 9. The number of halogens is 1. The van der Waals surface area contributed by atoms with Crippen molar-refractivity contribution in [2.75, 3.05) is 19.0 Å². The van der Waals surface area contributed by atoms with Gasteiger partial charge in [0.2, 0.25) is 5.91 Å². The van der Waals surface area contributed by atoms with Gasteiger partial charge in [-0.25, -0.2) is 9.69 Å². The minimum atomic E-state index is -0.688. The summed E-state index contributed by atoms with van der Waals surface area (Å²) >= 11 is 3.48. The van der Waals surface area contributed by atoms with Crippen LogP contribution in [0.15, 0.2) is 70.8 Å². The molecule has 4 rings (SSSR count). The van der Waals surface area contributed by atoms with E-state index < -0.39 is 24.4 Å². The van der Waals surface area contributed by atoms with E-state index >= 15 is 0 Å². The highest BCUT2D eigenvalue weighted by atomic mass is 79.9. The molecule has 1 aliphatic heterocycles. The van der Waals surface area contributed by atoms with E-state index in [4.69, 9.17) is 9.47 Å². The number of para-hydroxylation sites is 1. The third kappa shape index (κ3) is 6.27. The van der Waals surface area contributed by atoms with E-state index in [0.29, 0.717) is 32.8 Å².